The van der Waals surface area contributed by atoms with Crippen molar-refractivity contribution >= 4 is 11.7 Å². The Kier molecular flexibility index (Phi) is 4.03. The van der Waals surface area contributed by atoms with Gasteiger partial charge in [-0.15, -0.1) is 0 Å². The Morgan fingerprint density at radius 2 is 1.80 bits per heavy atom. The summed E-state index contributed by atoms with van der Waals surface area (Å²) >= 11 is 0. The molecular weight excluding hydrogens is 252 g/mol. The lowest BCUT2D eigenvalue weighted by molar-refractivity contribution is 0.0695. The maximum absolute atomic E-state index is 11.1. The molecule has 0 unspecified atom stereocenters. The van der Waals surface area contributed by atoms with Gasteiger partial charge in [-0.2, -0.15) is 0 Å². The topological polar surface area (TPSA) is 53.4 Å². The molecule has 0 radical (unpaired) electrons. The number of aryl methyl sites for hydroxylation is 1. The van der Waals surface area contributed by atoms with Crippen molar-refractivity contribution in [3.8, 4) is 11.3 Å². The van der Waals surface area contributed by atoms with Crippen molar-refractivity contribution in [2.45, 2.75) is 13.3 Å². The molecule has 0 atom stereocenters. The second kappa shape index (κ2) is 5.74. The highest BCUT2D eigenvalue weighted by Gasteiger charge is 2.11. The zero-order valence-electron chi connectivity index (χ0n) is 11.9. The van der Waals surface area contributed by atoms with Gasteiger partial charge in [-0.1, -0.05) is 19.1 Å². The van der Waals surface area contributed by atoms with Crippen LogP contribution < -0.4 is 4.90 Å². The van der Waals surface area contributed by atoms with E-state index < -0.39 is 5.97 Å². The molecule has 0 saturated heterocycles. The number of carboxylic acid groups (broad SMARTS) is 1. The highest BCUT2D eigenvalue weighted by atomic mass is 16.4. The number of pyridine rings is 1. The van der Waals surface area contributed by atoms with E-state index in [0.717, 1.165) is 16.9 Å². The Labute approximate surface area is 118 Å². The number of aromatic carboxylic acids is 1. The largest absolute Gasteiger partial charge is 0.478 e. The molecule has 20 heavy (non-hydrogen) atoms. The fourth-order valence-electron chi connectivity index (χ4n) is 2.06. The minimum Gasteiger partial charge on any atom is -0.478 e. The van der Waals surface area contributed by atoms with E-state index in [1.807, 2.05) is 50.2 Å². The van der Waals surface area contributed by atoms with Crippen molar-refractivity contribution in [3.05, 3.63) is 47.7 Å². The van der Waals surface area contributed by atoms with Crippen LogP contribution in [-0.4, -0.2) is 30.2 Å². The van der Waals surface area contributed by atoms with E-state index in [0.29, 0.717) is 12.1 Å². The Balaban J connectivity index is 2.40. The van der Waals surface area contributed by atoms with Crippen molar-refractivity contribution in [3.63, 3.8) is 0 Å². The number of anilines is 1. The molecule has 2 aromatic rings. The molecule has 4 heteroatoms. The summed E-state index contributed by atoms with van der Waals surface area (Å²) < 4.78 is 0. The lowest BCUT2D eigenvalue weighted by Gasteiger charge is -2.13. The van der Waals surface area contributed by atoms with Crippen LogP contribution in [0.4, 0.5) is 5.69 Å². The van der Waals surface area contributed by atoms with E-state index in [2.05, 4.69) is 4.98 Å². The van der Waals surface area contributed by atoms with Crippen LogP contribution in [0.25, 0.3) is 11.3 Å². The third-order valence-electron chi connectivity index (χ3n) is 3.22. The van der Waals surface area contributed by atoms with Gasteiger partial charge in [-0.05, 0) is 30.7 Å². The molecule has 0 aliphatic heterocycles. The summed E-state index contributed by atoms with van der Waals surface area (Å²) in [5, 5.41) is 9.11. The van der Waals surface area contributed by atoms with Gasteiger partial charge in [-0.3, -0.25) is 4.98 Å². The molecule has 0 saturated carbocycles. The van der Waals surface area contributed by atoms with Crippen LogP contribution in [0.3, 0.4) is 0 Å². The summed E-state index contributed by atoms with van der Waals surface area (Å²) in [6.07, 6.45) is 0.602. The maximum Gasteiger partial charge on any atom is 0.337 e. The first-order chi connectivity index (χ1) is 9.52. The number of carbonyl (C=O) groups is 1. The first-order valence-electron chi connectivity index (χ1n) is 6.54. The molecule has 1 heterocycles. The molecule has 104 valence electrons. The Morgan fingerprint density at radius 1 is 1.15 bits per heavy atom. The zero-order chi connectivity index (χ0) is 14.7. The minimum absolute atomic E-state index is 0.279. The highest BCUT2D eigenvalue weighted by molar-refractivity contribution is 5.89. The van der Waals surface area contributed by atoms with Crippen LogP contribution >= 0.6 is 0 Å². The average molecular weight is 270 g/mol. The van der Waals surface area contributed by atoms with Crippen LogP contribution in [0.1, 0.15) is 23.0 Å². The lowest BCUT2D eigenvalue weighted by atomic mass is 10.1. The number of aromatic nitrogens is 1. The van der Waals surface area contributed by atoms with E-state index in [4.69, 9.17) is 5.11 Å². The number of carboxylic acids is 1. The van der Waals surface area contributed by atoms with Gasteiger partial charge in [-0.25, -0.2) is 4.79 Å². The quantitative estimate of drug-likeness (QED) is 0.927. The fourth-order valence-corrected chi connectivity index (χ4v) is 2.06. The third kappa shape index (κ3) is 2.79. The number of hydrogen-bond donors (Lipinski definition) is 1. The molecule has 0 aliphatic rings. The first kappa shape index (κ1) is 14.1. The summed E-state index contributed by atoms with van der Waals surface area (Å²) in [7, 11) is 3.98. The maximum atomic E-state index is 11.1. The van der Waals surface area contributed by atoms with E-state index in [9.17, 15) is 4.79 Å². The van der Waals surface area contributed by atoms with Crippen LogP contribution in [0, 0.1) is 0 Å². The van der Waals surface area contributed by atoms with E-state index in [-0.39, 0.29) is 5.56 Å². The van der Waals surface area contributed by atoms with Gasteiger partial charge < -0.3 is 10.0 Å². The van der Waals surface area contributed by atoms with Crippen LogP contribution in [0.5, 0.6) is 0 Å². The molecule has 0 spiro atoms. The number of hydrogen-bond acceptors (Lipinski definition) is 3. The minimum atomic E-state index is -0.927. The van der Waals surface area contributed by atoms with Gasteiger partial charge >= 0.3 is 5.97 Å². The second-order valence-electron chi connectivity index (χ2n) is 4.79. The smallest absolute Gasteiger partial charge is 0.337 e. The molecule has 2 rings (SSSR count). The molecule has 0 bridgehead atoms. The summed E-state index contributed by atoms with van der Waals surface area (Å²) in [4.78, 5) is 17.6. The first-order valence-corrected chi connectivity index (χ1v) is 6.54. The summed E-state index contributed by atoms with van der Waals surface area (Å²) in [6, 6.07) is 11.4. The number of rotatable bonds is 4. The van der Waals surface area contributed by atoms with E-state index in [1.165, 1.54) is 0 Å². The predicted molar refractivity (Wildman–Crippen MR) is 80.3 cm³/mol. The summed E-state index contributed by atoms with van der Waals surface area (Å²) in [5.74, 6) is -0.927. The molecule has 1 N–H and O–H groups in total. The molecular formula is C16H18N2O2. The molecule has 0 fully saturated rings. The van der Waals surface area contributed by atoms with Crippen molar-refractivity contribution in [1.82, 2.24) is 4.98 Å². The van der Waals surface area contributed by atoms with Crippen LogP contribution in [0.2, 0.25) is 0 Å². The van der Waals surface area contributed by atoms with Gasteiger partial charge in [0.05, 0.1) is 17.0 Å². The highest BCUT2D eigenvalue weighted by Crippen LogP contribution is 2.22. The molecule has 4 nitrogen and oxygen atoms in total. The van der Waals surface area contributed by atoms with Gasteiger partial charge in [0.2, 0.25) is 0 Å². The Morgan fingerprint density at radius 3 is 2.30 bits per heavy atom. The van der Waals surface area contributed by atoms with E-state index >= 15 is 0 Å². The average Bonchev–Trinajstić information content (AvgIpc) is 2.46. The summed E-state index contributed by atoms with van der Waals surface area (Å²) in [5.41, 5.74) is 3.80. The fraction of sp³-hybridized carbons (Fsp3) is 0.250. The number of benzene rings is 1. The normalized spacial score (nSPS) is 10.3. The van der Waals surface area contributed by atoms with Crippen LogP contribution in [-0.2, 0) is 6.42 Å². The molecule has 0 aliphatic carbocycles. The van der Waals surface area contributed by atoms with Gasteiger partial charge in [0, 0.05) is 25.3 Å². The number of nitrogens with zero attached hydrogens (tertiary/aromatic N) is 2. The standard InChI is InChI=1S/C16H18N2O2/c1-4-14-13(16(19)20)9-10-15(17-14)11-5-7-12(8-6-11)18(2)3/h5-10H,4H2,1-3H3,(H,19,20). The van der Waals surface area contributed by atoms with Crippen molar-refractivity contribution in [2.24, 2.45) is 0 Å². The third-order valence-corrected chi connectivity index (χ3v) is 3.22. The molecule has 1 aromatic carbocycles. The predicted octanol–water partition coefficient (Wildman–Crippen LogP) is 3.08. The van der Waals surface area contributed by atoms with Gasteiger partial charge in [0.1, 0.15) is 0 Å². The van der Waals surface area contributed by atoms with E-state index in [1.54, 1.807) is 12.1 Å². The second-order valence-corrected chi connectivity index (χ2v) is 4.79. The summed E-state index contributed by atoms with van der Waals surface area (Å²) in [6.45, 7) is 1.91. The van der Waals surface area contributed by atoms with Crippen molar-refractivity contribution in [1.29, 1.82) is 0 Å². The Bertz CT molecular complexity index is 619. The van der Waals surface area contributed by atoms with Crippen LogP contribution in [0.15, 0.2) is 36.4 Å². The Hall–Kier alpha value is -2.36. The van der Waals surface area contributed by atoms with Crippen molar-refractivity contribution in [2.75, 3.05) is 19.0 Å². The molecule has 0 amide bonds. The molecule has 1 aromatic heterocycles. The monoisotopic (exact) mass is 270 g/mol. The van der Waals surface area contributed by atoms with Gasteiger partial charge in [0.15, 0.2) is 0 Å². The van der Waals surface area contributed by atoms with Gasteiger partial charge in [0.25, 0.3) is 0 Å². The lowest BCUT2D eigenvalue weighted by Crippen LogP contribution is -2.08. The zero-order valence-corrected chi connectivity index (χ0v) is 11.9. The SMILES string of the molecule is CCc1nc(-c2ccc(N(C)C)cc2)ccc1C(=O)O. The van der Waals surface area contributed by atoms with Crippen molar-refractivity contribution < 1.29 is 9.90 Å².